The molecule has 5 aromatic heterocycles. The fourth-order valence-corrected chi connectivity index (χ4v) is 4.36. The summed E-state index contributed by atoms with van der Waals surface area (Å²) in [6.07, 6.45) is 8.72. The molecular formula is C23H19FN10O2. The van der Waals surface area contributed by atoms with Crippen molar-refractivity contribution in [2.24, 2.45) is 0 Å². The predicted octanol–water partition coefficient (Wildman–Crippen LogP) is 1.39. The highest BCUT2D eigenvalue weighted by Gasteiger charge is 2.31. The minimum atomic E-state index is -0.789. The van der Waals surface area contributed by atoms with Crippen molar-refractivity contribution in [3.05, 3.63) is 72.8 Å². The number of H-pyrrole nitrogens is 1. The Bertz CT molecular complexity index is 1550. The van der Waals surface area contributed by atoms with Crippen LogP contribution in [-0.2, 0) is 4.79 Å². The maximum atomic E-state index is 14.7. The maximum Gasteiger partial charge on any atom is 0.295 e. The fourth-order valence-electron chi connectivity index (χ4n) is 4.36. The van der Waals surface area contributed by atoms with E-state index in [0.29, 0.717) is 32.0 Å². The molecule has 0 unspecified atom stereocenters. The van der Waals surface area contributed by atoms with Crippen LogP contribution in [0.1, 0.15) is 10.4 Å². The molecular weight excluding hydrogens is 467 g/mol. The lowest BCUT2D eigenvalue weighted by molar-refractivity contribution is -0.126. The van der Waals surface area contributed by atoms with E-state index in [1.807, 2.05) is 24.3 Å². The molecule has 1 aliphatic rings. The summed E-state index contributed by atoms with van der Waals surface area (Å²) in [5.41, 5.74) is 0.205. The molecule has 0 spiro atoms. The summed E-state index contributed by atoms with van der Waals surface area (Å²) in [6.45, 7) is 1.66. The molecule has 1 aliphatic heterocycles. The number of carbonyl (C=O) groups is 2. The van der Waals surface area contributed by atoms with E-state index < -0.39 is 17.5 Å². The SMILES string of the molecule is O=C(C(=O)N1CCN(c2ccnn2-c2ccccn2)CC1)c1c[nH]c2c(-n3ccnn3)ncc(F)c12. The number of Topliss-reactive ketones (excluding diaryl/α,β-unsaturated/α-hetero) is 1. The molecule has 0 atom stereocenters. The molecule has 36 heavy (non-hydrogen) atoms. The average molecular weight is 486 g/mol. The van der Waals surface area contributed by atoms with Gasteiger partial charge in [0.1, 0.15) is 5.82 Å². The average Bonchev–Trinajstić information content (AvgIpc) is 3.70. The summed E-state index contributed by atoms with van der Waals surface area (Å²) in [5.74, 6) is -0.381. The lowest BCUT2D eigenvalue weighted by atomic mass is 10.1. The summed E-state index contributed by atoms with van der Waals surface area (Å²) < 4.78 is 17.8. The first-order valence-corrected chi connectivity index (χ1v) is 11.2. The van der Waals surface area contributed by atoms with E-state index in [1.54, 1.807) is 23.3 Å². The molecule has 5 aromatic rings. The summed E-state index contributed by atoms with van der Waals surface area (Å²) in [4.78, 5) is 41.1. The molecule has 12 nitrogen and oxygen atoms in total. The van der Waals surface area contributed by atoms with Gasteiger partial charge in [-0.1, -0.05) is 11.3 Å². The predicted molar refractivity (Wildman–Crippen MR) is 125 cm³/mol. The second-order valence-electron chi connectivity index (χ2n) is 8.13. The Morgan fingerprint density at radius 1 is 1.00 bits per heavy atom. The number of aromatic amines is 1. The molecule has 0 saturated carbocycles. The third-order valence-corrected chi connectivity index (χ3v) is 6.10. The van der Waals surface area contributed by atoms with Gasteiger partial charge in [0.25, 0.3) is 11.7 Å². The Labute approximate surface area is 203 Å². The second-order valence-corrected chi connectivity index (χ2v) is 8.13. The Balaban J connectivity index is 1.21. The van der Waals surface area contributed by atoms with Crippen molar-refractivity contribution in [3.63, 3.8) is 0 Å². The van der Waals surface area contributed by atoms with Crippen LogP contribution in [0, 0.1) is 5.82 Å². The lowest BCUT2D eigenvalue weighted by Crippen LogP contribution is -2.51. The van der Waals surface area contributed by atoms with E-state index in [-0.39, 0.29) is 22.3 Å². The number of ketones is 1. The number of rotatable bonds is 5. The first kappa shape index (κ1) is 21.6. The van der Waals surface area contributed by atoms with Gasteiger partial charge in [-0.25, -0.2) is 19.0 Å². The van der Waals surface area contributed by atoms with Gasteiger partial charge in [-0.15, -0.1) is 5.10 Å². The number of anilines is 1. The number of fused-ring (bicyclic) bond motifs is 1. The molecule has 1 amide bonds. The molecule has 0 bridgehead atoms. The quantitative estimate of drug-likeness (QED) is 0.291. The minimum absolute atomic E-state index is 0.00764. The summed E-state index contributed by atoms with van der Waals surface area (Å²) in [6, 6.07) is 7.46. The molecule has 13 heteroatoms. The van der Waals surface area contributed by atoms with Gasteiger partial charge >= 0.3 is 0 Å². The van der Waals surface area contributed by atoms with E-state index in [0.717, 1.165) is 12.0 Å². The van der Waals surface area contributed by atoms with Gasteiger partial charge in [-0.2, -0.15) is 9.78 Å². The van der Waals surface area contributed by atoms with Crippen molar-refractivity contribution in [1.29, 1.82) is 0 Å². The highest BCUT2D eigenvalue weighted by atomic mass is 19.1. The topological polar surface area (TPSA) is 131 Å². The molecule has 1 N–H and O–H groups in total. The Morgan fingerprint density at radius 2 is 1.86 bits per heavy atom. The Hall–Kier alpha value is -4.94. The molecule has 6 rings (SSSR count). The van der Waals surface area contributed by atoms with Crippen molar-refractivity contribution in [2.45, 2.75) is 0 Å². The first-order chi connectivity index (χ1) is 17.6. The summed E-state index contributed by atoms with van der Waals surface area (Å²) in [5, 5.41) is 12.0. The van der Waals surface area contributed by atoms with Gasteiger partial charge in [-0.3, -0.25) is 9.59 Å². The third kappa shape index (κ3) is 3.57. The maximum absolute atomic E-state index is 14.7. The number of piperazine rings is 1. The normalized spacial score (nSPS) is 13.9. The number of pyridine rings is 2. The van der Waals surface area contributed by atoms with Gasteiger partial charge in [-0.05, 0) is 12.1 Å². The fraction of sp³-hybridized carbons (Fsp3) is 0.174. The smallest absolute Gasteiger partial charge is 0.295 e. The summed E-state index contributed by atoms with van der Waals surface area (Å²) in [7, 11) is 0. The Morgan fingerprint density at radius 3 is 2.61 bits per heavy atom. The van der Waals surface area contributed by atoms with Crippen LogP contribution in [0.3, 0.4) is 0 Å². The zero-order valence-corrected chi connectivity index (χ0v) is 18.8. The zero-order valence-electron chi connectivity index (χ0n) is 18.8. The van der Waals surface area contributed by atoms with E-state index in [1.165, 1.54) is 22.0 Å². The number of nitrogens with zero attached hydrogens (tertiary/aromatic N) is 9. The van der Waals surface area contributed by atoms with Crippen LogP contribution in [-0.4, -0.2) is 82.5 Å². The minimum Gasteiger partial charge on any atom is -0.357 e. The summed E-state index contributed by atoms with van der Waals surface area (Å²) >= 11 is 0. The van der Waals surface area contributed by atoms with Gasteiger partial charge in [0.2, 0.25) is 0 Å². The van der Waals surface area contributed by atoms with Crippen LogP contribution in [0.25, 0.3) is 22.5 Å². The largest absolute Gasteiger partial charge is 0.357 e. The number of nitrogens with one attached hydrogen (secondary N) is 1. The van der Waals surface area contributed by atoms with Crippen molar-refractivity contribution in [1.82, 2.24) is 44.6 Å². The van der Waals surface area contributed by atoms with Crippen molar-refractivity contribution >= 4 is 28.4 Å². The number of amides is 1. The monoisotopic (exact) mass is 486 g/mol. The second kappa shape index (κ2) is 8.69. The van der Waals surface area contributed by atoms with E-state index in [4.69, 9.17) is 0 Å². The van der Waals surface area contributed by atoms with Crippen LogP contribution in [0.2, 0.25) is 0 Å². The van der Waals surface area contributed by atoms with Gasteiger partial charge < -0.3 is 14.8 Å². The molecule has 0 aromatic carbocycles. The van der Waals surface area contributed by atoms with Crippen LogP contribution < -0.4 is 4.90 Å². The lowest BCUT2D eigenvalue weighted by Gasteiger charge is -2.35. The third-order valence-electron chi connectivity index (χ3n) is 6.10. The Kier molecular flexibility index (Phi) is 5.21. The van der Waals surface area contributed by atoms with Crippen molar-refractivity contribution in [3.8, 4) is 11.6 Å². The van der Waals surface area contributed by atoms with E-state index in [2.05, 4.69) is 35.3 Å². The van der Waals surface area contributed by atoms with Gasteiger partial charge in [0, 0.05) is 44.6 Å². The standard InChI is InChI=1S/C23H19FN10O2/c24-16-14-27-22(33-8-7-28-30-33)20-19(16)15(13-26-20)21(35)23(36)32-11-9-31(10-12-32)18-4-6-29-34(18)17-3-1-2-5-25-17/h1-8,13-14,26H,9-12H2. The van der Waals surface area contributed by atoms with Crippen LogP contribution in [0.4, 0.5) is 10.2 Å². The van der Waals surface area contributed by atoms with Crippen LogP contribution >= 0.6 is 0 Å². The number of carbonyl (C=O) groups excluding carboxylic acids is 2. The highest BCUT2D eigenvalue weighted by Crippen LogP contribution is 2.26. The molecule has 1 saturated heterocycles. The zero-order chi connectivity index (χ0) is 24.6. The van der Waals surface area contributed by atoms with E-state index in [9.17, 15) is 14.0 Å². The molecule has 0 aliphatic carbocycles. The molecule has 0 radical (unpaired) electrons. The van der Waals surface area contributed by atoms with Gasteiger partial charge in [0.15, 0.2) is 17.5 Å². The van der Waals surface area contributed by atoms with Crippen LogP contribution in [0.5, 0.6) is 0 Å². The van der Waals surface area contributed by atoms with Crippen molar-refractivity contribution in [2.75, 3.05) is 31.1 Å². The number of aromatic nitrogens is 8. The van der Waals surface area contributed by atoms with Crippen LogP contribution in [0.15, 0.2) is 61.4 Å². The highest BCUT2D eigenvalue weighted by molar-refractivity contribution is 6.45. The van der Waals surface area contributed by atoms with Gasteiger partial charge in [0.05, 0.1) is 41.3 Å². The molecule has 1 fully saturated rings. The number of hydrogen-bond acceptors (Lipinski definition) is 8. The number of halogens is 1. The molecule has 6 heterocycles. The number of hydrogen-bond donors (Lipinski definition) is 1. The first-order valence-electron chi connectivity index (χ1n) is 11.2. The van der Waals surface area contributed by atoms with Crippen molar-refractivity contribution < 1.29 is 14.0 Å². The van der Waals surface area contributed by atoms with E-state index >= 15 is 0 Å². The molecule has 180 valence electrons.